The van der Waals surface area contributed by atoms with Crippen molar-refractivity contribution in [1.82, 2.24) is 10.2 Å². The first-order chi connectivity index (χ1) is 8.84. The summed E-state index contributed by atoms with van der Waals surface area (Å²) in [5, 5.41) is 5.42. The Morgan fingerprint density at radius 1 is 1.44 bits per heavy atom. The normalized spacial score (nSPS) is 21.9. The summed E-state index contributed by atoms with van der Waals surface area (Å²) in [4.78, 5) is 15.8. The molecule has 1 aliphatic heterocycles. The molecule has 1 saturated carbocycles. The molecule has 0 radical (unpaired) electrons. The van der Waals surface area contributed by atoms with E-state index in [9.17, 15) is 4.79 Å². The van der Waals surface area contributed by atoms with E-state index < -0.39 is 0 Å². The zero-order valence-electron chi connectivity index (χ0n) is 10.6. The van der Waals surface area contributed by atoms with E-state index >= 15 is 0 Å². The highest BCUT2D eigenvalue weighted by atomic mass is 32.1. The first kappa shape index (κ1) is 12.2. The van der Waals surface area contributed by atoms with E-state index in [1.807, 2.05) is 4.90 Å². The van der Waals surface area contributed by atoms with Crippen molar-refractivity contribution < 1.29 is 4.79 Å². The summed E-state index contributed by atoms with van der Waals surface area (Å²) in [7, 11) is 0. The van der Waals surface area contributed by atoms with Crippen LogP contribution in [-0.2, 0) is 4.79 Å². The van der Waals surface area contributed by atoms with Crippen LogP contribution >= 0.6 is 11.3 Å². The summed E-state index contributed by atoms with van der Waals surface area (Å²) in [6.07, 6.45) is 3.32. The van der Waals surface area contributed by atoms with Gasteiger partial charge in [-0.2, -0.15) is 0 Å². The lowest BCUT2D eigenvalue weighted by Gasteiger charge is -2.29. The summed E-state index contributed by atoms with van der Waals surface area (Å²) in [6.45, 7) is 3.64. The highest BCUT2D eigenvalue weighted by molar-refractivity contribution is 7.10. The van der Waals surface area contributed by atoms with Crippen LogP contribution in [0.5, 0.6) is 0 Å². The number of amides is 1. The van der Waals surface area contributed by atoms with Gasteiger partial charge in [-0.3, -0.25) is 4.79 Å². The van der Waals surface area contributed by atoms with Gasteiger partial charge in [-0.25, -0.2) is 0 Å². The predicted molar refractivity (Wildman–Crippen MR) is 73.9 cm³/mol. The standard InChI is InChI=1S/C14H20N2OS/c17-14(16-7-5-15-6-8-16)10-12(11-3-4-11)13-2-1-9-18-13/h1-2,9,11-12,15H,3-8,10H2. The summed E-state index contributed by atoms with van der Waals surface area (Å²) in [5.74, 6) is 1.59. The molecule has 4 heteroatoms. The predicted octanol–water partition coefficient (Wildman–Crippen LogP) is 2.06. The maximum atomic E-state index is 12.3. The summed E-state index contributed by atoms with van der Waals surface area (Å²) in [5.41, 5.74) is 0. The van der Waals surface area contributed by atoms with Gasteiger partial charge in [0.1, 0.15) is 0 Å². The molecular formula is C14H20N2OS. The van der Waals surface area contributed by atoms with Gasteiger partial charge in [0.2, 0.25) is 5.91 Å². The van der Waals surface area contributed by atoms with Gasteiger partial charge in [0.25, 0.3) is 0 Å². The maximum Gasteiger partial charge on any atom is 0.223 e. The molecule has 1 atom stereocenters. The largest absolute Gasteiger partial charge is 0.340 e. The molecule has 0 spiro atoms. The third-order valence-electron chi connectivity index (χ3n) is 3.96. The quantitative estimate of drug-likeness (QED) is 0.903. The van der Waals surface area contributed by atoms with E-state index in [4.69, 9.17) is 0 Å². The van der Waals surface area contributed by atoms with Crippen LogP contribution in [0.4, 0.5) is 0 Å². The minimum atomic E-state index is 0.349. The van der Waals surface area contributed by atoms with Crippen molar-refractivity contribution in [2.45, 2.75) is 25.2 Å². The van der Waals surface area contributed by atoms with Gasteiger partial charge in [0.05, 0.1) is 0 Å². The second-order valence-electron chi connectivity index (χ2n) is 5.29. The fraction of sp³-hybridized carbons (Fsp3) is 0.643. The molecule has 3 nitrogen and oxygen atoms in total. The molecule has 2 heterocycles. The molecule has 18 heavy (non-hydrogen) atoms. The van der Waals surface area contributed by atoms with Crippen LogP contribution in [0.25, 0.3) is 0 Å². The third-order valence-corrected chi connectivity index (χ3v) is 4.97. The van der Waals surface area contributed by atoms with Crippen molar-refractivity contribution in [2.75, 3.05) is 26.2 Å². The Balaban J connectivity index is 1.63. The second kappa shape index (κ2) is 5.41. The molecule has 2 fully saturated rings. The van der Waals surface area contributed by atoms with Crippen molar-refractivity contribution in [3.05, 3.63) is 22.4 Å². The van der Waals surface area contributed by atoms with Crippen LogP contribution in [0.15, 0.2) is 17.5 Å². The van der Waals surface area contributed by atoms with Crippen molar-refractivity contribution >= 4 is 17.2 Å². The minimum absolute atomic E-state index is 0.349. The number of carbonyl (C=O) groups is 1. The Hall–Kier alpha value is -0.870. The van der Waals surface area contributed by atoms with E-state index in [-0.39, 0.29) is 0 Å². The zero-order valence-corrected chi connectivity index (χ0v) is 11.4. The summed E-state index contributed by atoms with van der Waals surface area (Å²) >= 11 is 1.80. The van der Waals surface area contributed by atoms with Crippen LogP contribution in [0.1, 0.15) is 30.1 Å². The molecular weight excluding hydrogens is 244 g/mol. The fourth-order valence-electron chi connectivity index (χ4n) is 2.73. The van der Waals surface area contributed by atoms with Gasteiger partial charge in [0.15, 0.2) is 0 Å². The smallest absolute Gasteiger partial charge is 0.223 e. The molecule has 0 bridgehead atoms. The Kier molecular flexibility index (Phi) is 3.66. The van der Waals surface area contributed by atoms with Gasteiger partial charge in [-0.05, 0) is 30.2 Å². The van der Waals surface area contributed by atoms with Crippen molar-refractivity contribution in [2.24, 2.45) is 5.92 Å². The average molecular weight is 264 g/mol. The Morgan fingerprint density at radius 2 is 2.22 bits per heavy atom. The highest BCUT2D eigenvalue weighted by Crippen LogP contribution is 2.45. The van der Waals surface area contributed by atoms with E-state index in [0.717, 1.165) is 32.1 Å². The van der Waals surface area contributed by atoms with Crippen LogP contribution in [0.3, 0.4) is 0 Å². The average Bonchev–Trinajstić information content (AvgIpc) is 3.11. The molecule has 1 unspecified atom stereocenters. The molecule has 1 amide bonds. The minimum Gasteiger partial charge on any atom is -0.340 e. The summed E-state index contributed by atoms with van der Waals surface area (Å²) in [6, 6.07) is 4.30. The van der Waals surface area contributed by atoms with Crippen molar-refractivity contribution in [3.8, 4) is 0 Å². The maximum absolute atomic E-state index is 12.3. The monoisotopic (exact) mass is 264 g/mol. The SMILES string of the molecule is O=C(CC(c1cccs1)C1CC1)N1CCNCC1. The van der Waals surface area contributed by atoms with Gasteiger partial charge >= 0.3 is 0 Å². The Bertz CT molecular complexity index is 394. The van der Waals surface area contributed by atoms with Gasteiger partial charge < -0.3 is 10.2 Å². The number of rotatable bonds is 4. The molecule has 1 saturated heterocycles. The Morgan fingerprint density at radius 3 is 2.83 bits per heavy atom. The van der Waals surface area contributed by atoms with Crippen LogP contribution in [0.2, 0.25) is 0 Å². The van der Waals surface area contributed by atoms with Crippen molar-refractivity contribution in [3.63, 3.8) is 0 Å². The lowest BCUT2D eigenvalue weighted by atomic mass is 9.97. The first-order valence-electron chi connectivity index (χ1n) is 6.86. The van der Waals surface area contributed by atoms with Crippen LogP contribution in [-0.4, -0.2) is 37.0 Å². The number of piperazine rings is 1. The third kappa shape index (κ3) is 2.75. The highest BCUT2D eigenvalue weighted by Gasteiger charge is 2.35. The number of hydrogen-bond acceptors (Lipinski definition) is 3. The number of hydrogen-bond donors (Lipinski definition) is 1. The van der Waals surface area contributed by atoms with Gasteiger partial charge in [-0.15, -0.1) is 11.3 Å². The lowest BCUT2D eigenvalue weighted by Crippen LogP contribution is -2.46. The van der Waals surface area contributed by atoms with Crippen molar-refractivity contribution in [1.29, 1.82) is 0 Å². The zero-order chi connectivity index (χ0) is 12.4. The van der Waals surface area contributed by atoms with E-state index in [1.165, 1.54) is 17.7 Å². The second-order valence-corrected chi connectivity index (χ2v) is 6.27. The van der Waals surface area contributed by atoms with E-state index in [1.54, 1.807) is 11.3 Å². The number of carbonyl (C=O) groups excluding carboxylic acids is 1. The number of nitrogens with one attached hydrogen (secondary N) is 1. The number of nitrogens with zero attached hydrogens (tertiary/aromatic N) is 1. The van der Waals surface area contributed by atoms with Gasteiger partial charge in [-0.1, -0.05) is 6.07 Å². The van der Waals surface area contributed by atoms with Crippen LogP contribution in [0, 0.1) is 5.92 Å². The Labute approximate surface area is 112 Å². The molecule has 1 aromatic rings. The summed E-state index contributed by atoms with van der Waals surface area (Å²) < 4.78 is 0. The molecule has 1 aliphatic carbocycles. The molecule has 98 valence electrons. The topological polar surface area (TPSA) is 32.3 Å². The first-order valence-corrected chi connectivity index (χ1v) is 7.74. The fourth-order valence-corrected chi connectivity index (χ4v) is 3.65. The van der Waals surface area contributed by atoms with E-state index in [2.05, 4.69) is 22.8 Å². The lowest BCUT2D eigenvalue weighted by molar-refractivity contribution is -0.132. The number of thiophene rings is 1. The molecule has 0 aromatic carbocycles. The van der Waals surface area contributed by atoms with Crippen LogP contribution < -0.4 is 5.32 Å². The van der Waals surface area contributed by atoms with Gasteiger partial charge in [0, 0.05) is 43.4 Å². The molecule has 3 rings (SSSR count). The molecule has 1 aromatic heterocycles. The van der Waals surface area contributed by atoms with E-state index in [0.29, 0.717) is 18.2 Å². The molecule has 2 aliphatic rings. The molecule has 1 N–H and O–H groups in total.